The summed E-state index contributed by atoms with van der Waals surface area (Å²) in [6.45, 7) is 2.10. The van der Waals surface area contributed by atoms with Crippen LogP contribution in [0.15, 0.2) is 71.9 Å². The molecule has 1 N–H and O–H groups in total. The summed E-state index contributed by atoms with van der Waals surface area (Å²) >= 11 is 0. The molecule has 0 saturated carbocycles. The molecular weight excluding hydrogens is 473 g/mol. The predicted octanol–water partition coefficient (Wildman–Crippen LogP) is 3.88. The van der Waals surface area contributed by atoms with Crippen LogP contribution >= 0.6 is 0 Å². The molecule has 11 heteroatoms. The van der Waals surface area contributed by atoms with Crippen molar-refractivity contribution in [2.75, 3.05) is 0 Å². The first-order valence-electron chi connectivity index (χ1n) is 11.1. The van der Waals surface area contributed by atoms with Gasteiger partial charge < -0.3 is 5.32 Å². The van der Waals surface area contributed by atoms with E-state index in [4.69, 9.17) is 0 Å². The van der Waals surface area contributed by atoms with Crippen LogP contribution in [-0.2, 0) is 11.3 Å². The van der Waals surface area contributed by atoms with Gasteiger partial charge in [-0.15, -0.1) is 0 Å². The number of pyridine rings is 2. The van der Waals surface area contributed by atoms with Gasteiger partial charge in [0.25, 0.3) is 0 Å². The quantitative estimate of drug-likeness (QED) is 0.402. The SMILES string of the molecule is Cc1cccc2c1n(-c1ccc(-c3cnn4ccccc34)cn1)c(=O)n2CC(=O)N[C@@H](C)C(F)(F)F. The lowest BCUT2D eigenvalue weighted by molar-refractivity contribution is -0.158. The lowest BCUT2D eigenvalue weighted by Gasteiger charge is -2.17. The highest BCUT2D eigenvalue weighted by Gasteiger charge is 2.37. The molecule has 0 spiro atoms. The summed E-state index contributed by atoms with van der Waals surface area (Å²) in [6, 6.07) is 12.4. The summed E-state index contributed by atoms with van der Waals surface area (Å²) in [7, 11) is 0. The lowest BCUT2D eigenvalue weighted by Crippen LogP contribution is -2.45. The number of aryl methyl sites for hydroxylation is 1. The highest BCUT2D eigenvalue weighted by molar-refractivity contribution is 5.84. The maximum atomic E-state index is 13.4. The van der Waals surface area contributed by atoms with Crippen molar-refractivity contribution in [2.45, 2.75) is 32.6 Å². The summed E-state index contributed by atoms with van der Waals surface area (Å²) < 4.78 is 42.9. The van der Waals surface area contributed by atoms with Gasteiger partial charge in [-0.05, 0) is 49.7 Å². The Kier molecular flexibility index (Phi) is 5.62. The Bertz CT molecular complexity index is 1650. The zero-order chi connectivity index (χ0) is 25.6. The predicted molar refractivity (Wildman–Crippen MR) is 128 cm³/mol. The van der Waals surface area contributed by atoms with E-state index < -0.39 is 30.4 Å². The molecule has 0 fully saturated rings. The van der Waals surface area contributed by atoms with E-state index in [-0.39, 0.29) is 0 Å². The Labute approximate surface area is 202 Å². The molecule has 36 heavy (non-hydrogen) atoms. The number of carbonyl (C=O) groups is 1. The number of alkyl halides is 3. The fraction of sp³-hybridized carbons (Fsp3) is 0.200. The van der Waals surface area contributed by atoms with E-state index in [9.17, 15) is 22.8 Å². The maximum absolute atomic E-state index is 13.4. The number of nitrogens with zero attached hydrogens (tertiary/aromatic N) is 5. The molecule has 0 aliphatic carbocycles. The van der Waals surface area contributed by atoms with Gasteiger partial charge in [0.05, 0.1) is 22.7 Å². The molecule has 5 aromatic rings. The highest BCUT2D eigenvalue weighted by atomic mass is 19.4. The molecule has 0 radical (unpaired) electrons. The van der Waals surface area contributed by atoms with Crippen LogP contribution < -0.4 is 11.0 Å². The van der Waals surface area contributed by atoms with E-state index in [2.05, 4.69) is 10.1 Å². The zero-order valence-electron chi connectivity index (χ0n) is 19.3. The Morgan fingerprint density at radius 2 is 1.83 bits per heavy atom. The number of amides is 1. The second-order valence-electron chi connectivity index (χ2n) is 8.47. The van der Waals surface area contributed by atoms with Crippen LogP contribution in [0.2, 0.25) is 0 Å². The first-order valence-corrected chi connectivity index (χ1v) is 11.1. The second-order valence-corrected chi connectivity index (χ2v) is 8.47. The van der Waals surface area contributed by atoms with Crippen molar-refractivity contribution in [3.05, 3.63) is 83.2 Å². The molecule has 4 heterocycles. The average Bonchev–Trinajstić information content (AvgIpc) is 3.39. The minimum absolute atomic E-state index is 0.322. The van der Waals surface area contributed by atoms with Crippen molar-refractivity contribution in [1.82, 2.24) is 29.0 Å². The van der Waals surface area contributed by atoms with Crippen LogP contribution in [0.5, 0.6) is 0 Å². The number of carbonyl (C=O) groups excluding carboxylic acids is 1. The number of fused-ring (bicyclic) bond motifs is 2. The van der Waals surface area contributed by atoms with Crippen molar-refractivity contribution in [3.63, 3.8) is 0 Å². The van der Waals surface area contributed by atoms with Gasteiger partial charge in [-0.25, -0.2) is 18.9 Å². The molecule has 0 aliphatic rings. The summed E-state index contributed by atoms with van der Waals surface area (Å²) in [4.78, 5) is 30.3. The normalized spacial score (nSPS) is 12.8. The Balaban J connectivity index is 1.55. The number of hydrogen-bond acceptors (Lipinski definition) is 4. The first kappa shape index (κ1) is 23.3. The third kappa shape index (κ3) is 4.02. The summed E-state index contributed by atoms with van der Waals surface area (Å²) in [5.74, 6) is -0.596. The molecule has 1 amide bonds. The van der Waals surface area contributed by atoms with Crippen LogP contribution in [0.4, 0.5) is 13.2 Å². The maximum Gasteiger partial charge on any atom is 0.408 e. The number of para-hydroxylation sites is 1. The number of halogens is 3. The second kappa shape index (κ2) is 8.67. The molecule has 1 atom stereocenters. The average molecular weight is 494 g/mol. The smallest absolute Gasteiger partial charge is 0.343 e. The lowest BCUT2D eigenvalue weighted by atomic mass is 10.1. The standard InChI is InChI=1S/C25H21F3N6O2/c1-15-6-5-8-20-23(15)34(24(36)32(20)14-22(35)31-16(2)25(26,27)28)21-10-9-17(12-29-21)18-13-30-33-11-4-3-7-19(18)33/h3-13,16H,14H2,1-2H3,(H,31,35)/t16-/m0/s1. The third-order valence-corrected chi connectivity index (χ3v) is 6.04. The third-order valence-electron chi connectivity index (χ3n) is 6.04. The van der Waals surface area contributed by atoms with E-state index in [0.29, 0.717) is 16.9 Å². The summed E-state index contributed by atoms with van der Waals surface area (Å²) in [5.41, 5.74) is 3.69. The topological polar surface area (TPSA) is 86.2 Å². The van der Waals surface area contributed by atoms with Gasteiger partial charge in [0, 0.05) is 23.5 Å². The van der Waals surface area contributed by atoms with Crippen LogP contribution in [0.1, 0.15) is 12.5 Å². The van der Waals surface area contributed by atoms with Crippen molar-refractivity contribution in [1.29, 1.82) is 0 Å². The first-order chi connectivity index (χ1) is 17.1. The molecule has 184 valence electrons. The fourth-order valence-electron chi connectivity index (χ4n) is 4.18. The Morgan fingerprint density at radius 1 is 1.06 bits per heavy atom. The van der Waals surface area contributed by atoms with Gasteiger partial charge in [0.2, 0.25) is 5.91 Å². The molecule has 0 unspecified atom stereocenters. The van der Waals surface area contributed by atoms with Crippen molar-refractivity contribution in [2.24, 2.45) is 0 Å². The van der Waals surface area contributed by atoms with Crippen molar-refractivity contribution < 1.29 is 18.0 Å². The van der Waals surface area contributed by atoms with Crippen LogP contribution in [0, 0.1) is 6.92 Å². The molecule has 8 nitrogen and oxygen atoms in total. The van der Waals surface area contributed by atoms with Gasteiger partial charge in [-0.1, -0.05) is 18.2 Å². The summed E-state index contributed by atoms with van der Waals surface area (Å²) in [5, 5.41) is 6.24. The van der Waals surface area contributed by atoms with Crippen LogP contribution in [-0.4, -0.2) is 41.9 Å². The number of hydrogen-bond donors (Lipinski definition) is 1. The van der Waals surface area contributed by atoms with Crippen LogP contribution in [0.25, 0.3) is 33.5 Å². The van der Waals surface area contributed by atoms with Crippen LogP contribution in [0.3, 0.4) is 0 Å². The zero-order valence-corrected chi connectivity index (χ0v) is 19.3. The minimum atomic E-state index is -4.59. The highest BCUT2D eigenvalue weighted by Crippen LogP contribution is 2.26. The van der Waals surface area contributed by atoms with Gasteiger partial charge in [0.15, 0.2) is 0 Å². The van der Waals surface area contributed by atoms with Gasteiger partial charge in [-0.2, -0.15) is 18.3 Å². The summed E-state index contributed by atoms with van der Waals surface area (Å²) in [6.07, 6.45) is 0.612. The molecule has 0 bridgehead atoms. The van der Waals surface area contributed by atoms with E-state index in [1.807, 2.05) is 48.8 Å². The van der Waals surface area contributed by atoms with Crippen molar-refractivity contribution >= 4 is 22.5 Å². The van der Waals surface area contributed by atoms with E-state index in [0.717, 1.165) is 33.7 Å². The monoisotopic (exact) mass is 494 g/mol. The van der Waals surface area contributed by atoms with E-state index in [1.165, 1.54) is 4.57 Å². The minimum Gasteiger partial charge on any atom is -0.343 e. The molecule has 1 aromatic carbocycles. The van der Waals surface area contributed by atoms with Gasteiger partial charge in [0.1, 0.15) is 18.4 Å². The van der Waals surface area contributed by atoms with Crippen molar-refractivity contribution in [3.8, 4) is 16.9 Å². The molecule has 0 aliphatic heterocycles. The number of aromatic nitrogens is 5. The molecule has 4 aromatic heterocycles. The largest absolute Gasteiger partial charge is 0.408 e. The molecular formula is C25H21F3N6O2. The Hall–Kier alpha value is -4.41. The number of rotatable bonds is 5. The molecule has 5 rings (SSSR count). The van der Waals surface area contributed by atoms with E-state index in [1.54, 1.807) is 35.1 Å². The number of nitrogens with one attached hydrogen (secondary N) is 1. The van der Waals surface area contributed by atoms with Gasteiger partial charge >= 0.3 is 11.9 Å². The fourth-order valence-corrected chi connectivity index (χ4v) is 4.18. The molecule has 0 saturated heterocycles. The van der Waals surface area contributed by atoms with E-state index >= 15 is 0 Å². The Morgan fingerprint density at radius 3 is 2.56 bits per heavy atom. The number of imidazole rings is 1. The number of benzene rings is 1. The van der Waals surface area contributed by atoms with Gasteiger partial charge in [-0.3, -0.25) is 9.36 Å².